The Morgan fingerprint density at radius 2 is 1.80 bits per heavy atom. The first-order valence-electron chi connectivity index (χ1n) is 6.08. The molecular weight excluding hydrogens is 286 g/mol. The van der Waals surface area contributed by atoms with E-state index in [4.69, 9.17) is 31.7 Å². The van der Waals surface area contributed by atoms with Crippen molar-refractivity contribution in [2.24, 2.45) is 0 Å². The summed E-state index contributed by atoms with van der Waals surface area (Å²) in [7, 11) is 0. The Morgan fingerprint density at radius 1 is 1.20 bits per heavy atom. The third-order valence-electron chi connectivity index (χ3n) is 2.74. The average Bonchev–Trinajstić information content (AvgIpc) is 2.47. The van der Waals surface area contributed by atoms with Crippen LogP contribution in [0.4, 0.5) is 0 Å². The Bertz CT molecular complexity index is 428. The van der Waals surface area contributed by atoms with Gasteiger partial charge in [0, 0.05) is 0 Å². The molecule has 0 unspecified atom stereocenters. The minimum atomic E-state index is -1.42. The summed E-state index contributed by atoms with van der Waals surface area (Å²) >= 11 is 5.89. The van der Waals surface area contributed by atoms with Gasteiger partial charge in [-0.3, -0.25) is 4.79 Å². The number of nitrogens with one attached hydrogen (secondary N) is 1. The predicted molar refractivity (Wildman–Crippen MR) is 73.7 cm³/mol. The lowest BCUT2D eigenvalue weighted by Crippen LogP contribution is -2.57. The van der Waals surface area contributed by atoms with Crippen LogP contribution in [0, 0.1) is 0 Å². The maximum absolute atomic E-state index is 11.7. The highest BCUT2D eigenvalue weighted by Crippen LogP contribution is 2.23. The summed E-state index contributed by atoms with van der Waals surface area (Å²) in [6.45, 7) is -1.58. The molecule has 6 nitrogen and oxygen atoms in total. The van der Waals surface area contributed by atoms with Crippen molar-refractivity contribution in [3.63, 3.8) is 0 Å². The number of hydrogen-bond acceptors (Lipinski definition) is 5. The number of carbonyl (C=O) groups excluding carboxylic acids is 1. The van der Waals surface area contributed by atoms with Crippen LogP contribution < -0.4 is 10.1 Å². The summed E-state index contributed by atoms with van der Waals surface area (Å²) in [6.07, 6.45) is 0.00692. The van der Waals surface area contributed by atoms with Gasteiger partial charge < -0.3 is 25.4 Å². The summed E-state index contributed by atoms with van der Waals surface area (Å²) in [5, 5.41) is 30.1. The van der Waals surface area contributed by atoms with Gasteiger partial charge in [-0.05, 0) is 12.1 Å². The Kier molecular flexibility index (Phi) is 6.74. The molecule has 0 aliphatic heterocycles. The fraction of sp³-hybridized carbons (Fsp3) is 0.462. The second kappa shape index (κ2) is 8.06. The van der Waals surface area contributed by atoms with Crippen molar-refractivity contribution in [2.75, 3.05) is 26.4 Å². The van der Waals surface area contributed by atoms with Crippen molar-refractivity contribution in [1.29, 1.82) is 0 Å². The molecule has 0 saturated heterocycles. The predicted octanol–water partition coefficient (Wildman–Crippen LogP) is -0.0592. The molecule has 1 aromatic carbocycles. The number of para-hydroxylation sites is 1. The fourth-order valence-electron chi connectivity index (χ4n) is 1.44. The molecule has 0 heterocycles. The van der Waals surface area contributed by atoms with E-state index in [1.807, 2.05) is 0 Å². The standard InChI is InChI=1S/C13H18ClNO5/c14-10-3-1-2-4-11(10)20-6-5-12(19)15-13(7-16,8-17)9-18/h1-4,16-18H,5-9H2,(H,15,19). The molecule has 20 heavy (non-hydrogen) atoms. The molecule has 7 heteroatoms. The maximum Gasteiger partial charge on any atom is 0.224 e. The summed E-state index contributed by atoms with van der Waals surface area (Å²) in [4.78, 5) is 11.7. The van der Waals surface area contributed by atoms with Gasteiger partial charge in [0.05, 0.1) is 37.9 Å². The van der Waals surface area contributed by atoms with Gasteiger partial charge in [0.1, 0.15) is 11.3 Å². The van der Waals surface area contributed by atoms with Gasteiger partial charge in [-0.1, -0.05) is 23.7 Å². The Balaban J connectivity index is 2.42. The van der Waals surface area contributed by atoms with Crippen LogP contribution in [-0.4, -0.2) is 53.2 Å². The lowest BCUT2D eigenvalue weighted by atomic mass is 10.0. The van der Waals surface area contributed by atoms with Gasteiger partial charge in [-0.2, -0.15) is 0 Å². The molecule has 0 aliphatic carbocycles. The van der Waals surface area contributed by atoms with E-state index in [0.717, 1.165) is 0 Å². The molecule has 0 atom stereocenters. The van der Waals surface area contributed by atoms with E-state index >= 15 is 0 Å². The van der Waals surface area contributed by atoms with Gasteiger partial charge in [0.2, 0.25) is 5.91 Å². The topological polar surface area (TPSA) is 99.0 Å². The van der Waals surface area contributed by atoms with Crippen LogP contribution in [0.1, 0.15) is 6.42 Å². The summed E-state index contributed by atoms with van der Waals surface area (Å²) in [6, 6.07) is 6.88. The summed E-state index contributed by atoms with van der Waals surface area (Å²) in [5.41, 5.74) is -1.42. The zero-order valence-electron chi connectivity index (χ0n) is 10.9. The molecule has 1 rings (SSSR count). The van der Waals surface area contributed by atoms with Crippen molar-refractivity contribution < 1.29 is 24.9 Å². The molecule has 1 aromatic rings. The van der Waals surface area contributed by atoms with E-state index in [1.54, 1.807) is 24.3 Å². The Hall–Kier alpha value is -1.34. The smallest absolute Gasteiger partial charge is 0.224 e. The number of rotatable bonds is 8. The largest absolute Gasteiger partial charge is 0.491 e. The van der Waals surface area contributed by atoms with E-state index in [-0.39, 0.29) is 13.0 Å². The first-order valence-corrected chi connectivity index (χ1v) is 6.45. The minimum absolute atomic E-state index is 0.00692. The summed E-state index contributed by atoms with van der Waals surface area (Å²) in [5.74, 6) is 0.0221. The second-order valence-corrected chi connectivity index (χ2v) is 4.74. The maximum atomic E-state index is 11.7. The number of aliphatic hydroxyl groups is 3. The van der Waals surface area contributed by atoms with Crippen LogP contribution >= 0.6 is 11.6 Å². The van der Waals surface area contributed by atoms with E-state index < -0.39 is 31.3 Å². The molecule has 0 aliphatic rings. The van der Waals surface area contributed by atoms with E-state index in [0.29, 0.717) is 10.8 Å². The van der Waals surface area contributed by atoms with Crippen molar-refractivity contribution in [1.82, 2.24) is 5.32 Å². The highest BCUT2D eigenvalue weighted by atomic mass is 35.5. The number of amides is 1. The third kappa shape index (κ3) is 4.64. The van der Waals surface area contributed by atoms with Crippen LogP contribution in [0.3, 0.4) is 0 Å². The second-order valence-electron chi connectivity index (χ2n) is 4.33. The van der Waals surface area contributed by atoms with Gasteiger partial charge in [0.15, 0.2) is 0 Å². The van der Waals surface area contributed by atoms with Crippen LogP contribution in [0.25, 0.3) is 0 Å². The SMILES string of the molecule is O=C(CCOc1ccccc1Cl)NC(CO)(CO)CO. The van der Waals surface area contributed by atoms with Crippen LogP contribution in [-0.2, 0) is 4.79 Å². The molecule has 0 aromatic heterocycles. The first kappa shape index (κ1) is 16.7. The molecule has 0 saturated carbocycles. The number of carbonyl (C=O) groups is 1. The normalized spacial score (nSPS) is 11.2. The van der Waals surface area contributed by atoms with Crippen LogP contribution in [0.15, 0.2) is 24.3 Å². The minimum Gasteiger partial charge on any atom is -0.491 e. The van der Waals surface area contributed by atoms with Gasteiger partial charge in [-0.15, -0.1) is 0 Å². The Labute approximate surface area is 121 Å². The molecule has 0 spiro atoms. The quantitative estimate of drug-likeness (QED) is 0.539. The van der Waals surface area contributed by atoms with Gasteiger partial charge in [0.25, 0.3) is 0 Å². The van der Waals surface area contributed by atoms with E-state index in [9.17, 15) is 4.79 Å². The molecule has 0 radical (unpaired) electrons. The van der Waals surface area contributed by atoms with Crippen molar-refractivity contribution in [3.8, 4) is 5.75 Å². The van der Waals surface area contributed by atoms with E-state index in [1.165, 1.54) is 0 Å². The van der Waals surface area contributed by atoms with Crippen molar-refractivity contribution in [3.05, 3.63) is 29.3 Å². The fourth-order valence-corrected chi connectivity index (χ4v) is 1.63. The number of aliphatic hydroxyl groups excluding tert-OH is 3. The summed E-state index contributed by atoms with van der Waals surface area (Å²) < 4.78 is 5.34. The molecule has 1 amide bonds. The number of benzene rings is 1. The third-order valence-corrected chi connectivity index (χ3v) is 3.05. The number of ether oxygens (including phenoxy) is 1. The average molecular weight is 304 g/mol. The van der Waals surface area contributed by atoms with Crippen molar-refractivity contribution >= 4 is 17.5 Å². The lowest BCUT2D eigenvalue weighted by Gasteiger charge is -2.28. The lowest BCUT2D eigenvalue weighted by molar-refractivity contribution is -0.125. The van der Waals surface area contributed by atoms with Crippen LogP contribution in [0.5, 0.6) is 5.75 Å². The number of halogens is 1. The number of hydrogen-bond donors (Lipinski definition) is 4. The zero-order valence-corrected chi connectivity index (χ0v) is 11.6. The molecule has 4 N–H and O–H groups in total. The van der Waals surface area contributed by atoms with Crippen LogP contribution in [0.2, 0.25) is 5.02 Å². The molecule has 0 fully saturated rings. The zero-order chi connectivity index (χ0) is 15.0. The van der Waals surface area contributed by atoms with Crippen molar-refractivity contribution in [2.45, 2.75) is 12.0 Å². The molecular formula is C13H18ClNO5. The molecule has 112 valence electrons. The van der Waals surface area contributed by atoms with Gasteiger partial charge in [-0.25, -0.2) is 0 Å². The van der Waals surface area contributed by atoms with Gasteiger partial charge >= 0.3 is 0 Å². The highest BCUT2D eigenvalue weighted by Gasteiger charge is 2.29. The highest BCUT2D eigenvalue weighted by molar-refractivity contribution is 6.32. The van der Waals surface area contributed by atoms with E-state index in [2.05, 4.69) is 5.32 Å². The Morgan fingerprint density at radius 3 is 2.35 bits per heavy atom. The molecule has 0 bridgehead atoms. The first-order chi connectivity index (χ1) is 9.56. The monoisotopic (exact) mass is 303 g/mol.